The third kappa shape index (κ3) is 4.78. The molecule has 0 aromatic heterocycles. The Labute approximate surface area is 188 Å². The summed E-state index contributed by atoms with van der Waals surface area (Å²) in [6, 6.07) is 4.29. The van der Waals surface area contributed by atoms with Crippen molar-refractivity contribution in [2.45, 2.75) is 110 Å². The van der Waals surface area contributed by atoms with Crippen molar-refractivity contribution in [2.24, 2.45) is 5.92 Å². The Balaban J connectivity index is 0.00000132. The molecule has 1 saturated carbocycles. The minimum absolute atomic E-state index is 0.0738. The van der Waals surface area contributed by atoms with Crippen LogP contribution in [0.15, 0.2) is 23.8 Å². The van der Waals surface area contributed by atoms with Crippen LogP contribution < -0.4 is 10.1 Å². The van der Waals surface area contributed by atoms with Crippen LogP contribution in [-0.4, -0.2) is 22.7 Å². The number of fused-ring (bicyclic) bond motifs is 3. The number of ether oxygens (including phenoxy) is 1. The highest BCUT2D eigenvalue weighted by Gasteiger charge is 2.47. The lowest BCUT2D eigenvalue weighted by molar-refractivity contribution is -0.118. The maximum Gasteiger partial charge on any atom is 0.247 e. The van der Waals surface area contributed by atoms with Gasteiger partial charge < -0.3 is 15.2 Å². The number of aromatic hydroxyl groups is 1. The number of benzene rings is 1. The number of nitrogens with one attached hydrogen (secondary N) is 1. The van der Waals surface area contributed by atoms with Crippen molar-refractivity contribution in [2.75, 3.05) is 0 Å². The highest BCUT2D eigenvalue weighted by molar-refractivity contribution is 5.94. The number of phenolic OH excluding ortho intramolecular Hbond substituents is 1. The van der Waals surface area contributed by atoms with Gasteiger partial charge in [-0.15, -0.1) is 0 Å². The van der Waals surface area contributed by atoms with Crippen LogP contribution in [0.1, 0.15) is 104 Å². The number of phenols is 1. The van der Waals surface area contributed by atoms with Crippen molar-refractivity contribution >= 4 is 5.91 Å². The first-order valence-electron chi connectivity index (χ1n) is 12.1. The quantitative estimate of drug-likeness (QED) is 0.577. The first kappa shape index (κ1) is 23.7. The van der Waals surface area contributed by atoms with Gasteiger partial charge >= 0.3 is 0 Å². The molecule has 4 heteroatoms. The maximum atomic E-state index is 12.9. The van der Waals surface area contributed by atoms with E-state index in [-0.39, 0.29) is 28.8 Å². The number of amides is 1. The van der Waals surface area contributed by atoms with E-state index in [1.165, 1.54) is 12.8 Å². The topological polar surface area (TPSA) is 58.6 Å². The largest absolute Gasteiger partial charge is 0.508 e. The highest BCUT2D eigenvalue weighted by Crippen LogP contribution is 2.54. The Bertz CT molecular complexity index is 841. The minimum atomic E-state index is -0.343. The second-order valence-electron chi connectivity index (χ2n) is 10.7. The van der Waals surface area contributed by atoms with Crippen LogP contribution in [0.3, 0.4) is 0 Å². The van der Waals surface area contributed by atoms with Crippen LogP contribution in [0.4, 0.5) is 0 Å². The number of carbonyl (C=O) groups is 1. The molecule has 0 radical (unpaired) electrons. The zero-order valence-electron chi connectivity index (χ0n) is 20.5. The summed E-state index contributed by atoms with van der Waals surface area (Å²) >= 11 is 0. The predicted molar refractivity (Wildman–Crippen MR) is 127 cm³/mol. The van der Waals surface area contributed by atoms with Gasteiger partial charge in [-0.2, -0.15) is 0 Å². The standard InChI is InChI=1S/C25H35NO3.C2H6/c1-24(2,3)16-13-20(27)22-18-12-15(23(28)26-17-8-6-7-9-17)10-11-19(18)25(4,5)29-21(22)14-16;1-2/h10,13-14,17-19,27H,6-9,11-12H2,1-5H3,(H,26,28);1-2H3. The van der Waals surface area contributed by atoms with Gasteiger partial charge in [0.1, 0.15) is 17.1 Å². The van der Waals surface area contributed by atoms with Gasteiger partial charge in [-0.3, -0.25) is 4.79 Å². The van der Waals surface area contributed by atoms with E-state index in [2.05, 4.69) is 52.1 Å². The lowest BCUT2D eigenvalue weighted by Crippen LogP contribution is -2.46. The Kier molecular flexibility index (Phi) is 6.78. The third-order valence-corrected chi connectivity index (χ3v) is 7.15. The molecule has 1 fully saturated rings. The number of allylic oxidation sites excluding steroid dienone is 1. The number of hydrogen-bond donors (Lipinski definition) is 2. The van der Waals surface area contributed by atoms with E-state index in [1.807, 2.05) is 19.9 Å². The molecular weight excluding hydrogens is 386 g/mol. The molecule has 172 valence electrons. The fourth-order valence-electron chi connectivity index (χ4n) is 5.36. The number of carbonyl (C=O) groups excluding carboxylic acids is 1. The molecule has 3 aliphatic rings. The molecule has 2 unspecified atom stereocenters. The van der Waals surface area contributed by atoms with E-state index >= 15 is 0 Å². The second-order valence-corrected chi connectivity index (χ2v) is 10.7. The molecule has 0 spiro atoms. The first-order valence-corrected chi connectivity index (χ1v) is 12.1. The molecule has 2 N–H and O–H groups in total. The Morgan fingerprint density at radius 3 is 2.42 bits per heavy atom. The Morgan fingerprint density at radius 1 is 1.16 bits per heavy atom. The van der Waals surface area contributed by atoms with Gasteiger partial charge in [-0.05, 0) is 62.6 Å². The molecule has 1 aromatic carbocycles. The van der Waals surface area contributed by atoms with Crippen LogP contribution in [0.2, 0.25) is 0 Å². The van der Waals surface area contributed by atoms with Gasteiger partial charge in [0.25, 0.3) is 0 Å². The van der Waals surface area contributed by atoms with E-state index in [4.69, 9.17) is 4.74 Å². The summed E-state index contributed by atoms with van der Waals surface area (Å²) in [4.78, 5) is 12.9. The van der Waals surface area contributed by atoms with Crippen molar-refractivity contribution < 1.29 is 14.6 Å². The van der Waals surface area contributed by atoms with Crippen molar-refractivity contribution in [3.05, 3.63) is 34.9 Å². The summed E-state index contributed by atoms with van der Waals surface area (Å²) in [7, 11) is 0. The molecule has 1 aliphatic heterocycles. The van der Waals surface area contributed by atoms with Crippen molar-refractivity contribution in [1.29, 1.82) is 0 Å². The van der Waals surface area contributed by atoms with Crippen LogP contribution in [0.25, 0.3) is 0 Å². The fraction of sp³-hybridized carbons (Fsp3) is 0.667. The summed E-state index contributed by atoms with van der Waals surface area (Å²) < 4.78 is 6.42. The highest BCUT2D eigenvalue weighted by atomic mass is 16.5. The zero-order valence-corrected chi connectivity index (χ0v) is 20.5. The fourth-order valence-corrected chi connectivity index (χ4v) is 5.36. The van der Waals surface area contributed by atoms with E-state index in [1.54, 1.807) is 0 Å². The zero-order chi connectivity index (χ0) is 23.0. The van der Waals surface area contributed by atoms with E-state index < -0.39 is 0 Å². The molecule has 2 aliphatic carbocycles. The monoisotopic (exact) mass is 427 g/mol. The smallest absolute Gasteiger partial charge is 0.247 e. The van der Waals surface area contributed by atoms with E-state index in [0.29, 0.717) is 18.2 Å². The van der Waals surface area contributed by atoms with Gasteiger partial charge in [0.05, 0.1) is 0 Å². The maximum absolute atomic E-state index is 12.9. The lowest BCUT2D eigenvalue weighted by atomic mass is 9.66. The second kappa shape index (κ2) is 8.88. The molecular formula is C27H41NO3. The van der Waals surface area contributed by atoms with Crippen molar-refractivity contribution in [3.8, 4) is 11.5 Å². The van der Waals surface area contributed by atoms with Crippen LogP contribution in [0, 0.1) is 5.92 Å². The molecule has 4 nitrogen and oxygen atoms in total. The summed E-state index contributed by atoms with van der Waals surface area (Å²) in [5, 5.41) is 14.2. The number of hydrogen-bond acceptors (Lipinski definition) is 3. The molecule has 1 aromatic rings. The van der Waals surface area contributed by atoms with Gasteiger partial charge in [0.15, 0.2) is 0 Å². The minimum Gasteiger partial charge on any atom is -0.508 e. The predicted octanol–water partition coefficient (Wildman–Crippen LogP) is 6.37. The number of rotatable bonds is 2. The van der Waals surface area contributed by atoms with Gasteiger partial charge in [-0.25, -0.2) is 0 Å². The summed E-state index contributed by atoms with van der Waals surface area (Å²) in [5.41, 5.74) is 2.39. The molecule has 0 bridgehead atoms. The van der Waals surface area contributed by atoms with Crippen LogP contribution >= 0.6 is 0 Å². The van der Waals surface area contributed by atoms with Gasteiger partial charge in [0, 0.05) is 29.0 Å². The average molecular weight is 428 g/mol. The molecule has 1 amide bonds. The summed E-state index contributed by atoms with van der Waals surface area (Å²) in [6.07, 6.45) is 8.14. The summed E-state index contributed by atoms with van der Waals surface area (Å²) in [5.74, 6) is 1.49. The van der Waals surface area contributed by atoms with Crippen LogP contribution in [0.5, 0.6) is 11.5 Å². The average Bonchev–Trinajstić information content (AvgIpc) is 3.20. The molecule has 31 heavy (non-hydrogen) atoms. The molecule has 4 rings (SSSR count). The molecule has 2 atom stereocenters. The van der Waals surface area contributed by atoms with Gasteiger partial charge in [0.2, 0.25) is 5.91 Å². The SMILES string of the molecule is CC.CC(C)(C)c1cc(O)c2c(c1)OC(C)(C)C1CC=C(C(=O)NC3CCCC3)CC21. The Hall–Kier alpha value is -1.97. The van der Waals surface area contributed by atoms with E-state index in [0.717, 1.165) is 41.7 Å². The van der Waals surface area contributed by atoms with Gasteiger partial charge in [-0.1, -0.05) is 53.5 Å². The molecule has 1 heterocycles. The van der Waals surface area contributed by atoms with Crippen molar-refractivity contribution in [3.63, 3.8) is 0 Å². The third-order valence-electron chi connectivity index (χ3n) is 7.15. The molecule has 0 saturated heterocycles. The Morgan fingerprint density at radius 2 is 1.81 bits per heavy atom. The normalized spacial score (nSPS) is 24.7. The van der Waals surface area contributed by atoms with E-state index in [9.17, 15) is 9.90 Å². The summed E-state index contributed by atoms with van der Waals surface area (Å²) in [6.45, 7) is 14.7. The van der Waals surface area contributed by atoms with Crippen LogP contribution in [-0.2, 0) is 10.2 Å². The lowest BCUT2D eigenvalue weighted by Gasteiger charge is -2.47. The van der Waals surface area contributed by atoms with Crippen molar-refractivity contribution in [1.82, 2.24) is 5.32 Å². The first-order chi connectivity index (χ1) is 14.6.